The molecule has 182 valence electrons. The molecule has 2 aromatic rings. The number of fused-ring (bicyclic) bond motifs is 1. The summed E-state index contributed by atoms with van der Waals surface area (Å²) in [6.07, 6.45) is -1.32. The Bertz CT molecular complexity index is 1190. The zero-order valence-corrected chi connectivity index (χ0v) is 20.3. The Hall–Kier alpha value is -3.49. The maximum Gasteiger partial charge on any atom is 0.355 e. The largest absolute Gasteiger partial charge is 0.456 e. The number of carbonyl (C=O) groups is 4. The monoisotopic (exact) mass is 496 g/mol. The highest BCUT2D eigenvalue weighted by molar-refractivity contribution is 6.25. The van der Waals surface area contributed by atoms with Crippen molar-refractivity contribution in [1.82, 2.24) is 9.80 Å². The third-order valence-corrected chi connectivity index (χ3v) is 6.38. The van der Waals surface area contributed by atoms with Crippen LogP contribution in [-0.2, 0) is 41.7 Å². The average Bonchev–Trinajstić information content (AvgIpc) is 3.11. The number of alkyl halides is 1. The second-order valence-electron chi connectivity index (χ2n) is 8.61. The van der Waals surface area contributed by atoms with E-state index in [-0.39, 0.29) is 18.7 Å². The van der Waals surface area contributed by atoms with Gasteiger partial charge in [-0.1, -0.05) is 72.3 Å². The number of halogens is 1. The van der Waals surface area contributed by atoms with Gasteiger partial charge < -0.3 is 9.47 Å². The molecule has 9 heteroatoms. The van der Waals surface area contributed by atoms with E-state index < -0.39 is 41.0 Å². The summed E-state index contributed by atoms with van der Waals surface area (Å²) in [4.78, 5) is 54.7. The highest BCUT2D eigenvalue weighted by atomic mass is 35.5. The van der Waals surface area contributed by atoms with Crippen LogP contribution in [0.15, 0.2) is 71.9 Å². The summed E-state index contributed by atoms with van der Waals surface area (Å²) >= 11 is 6.36. The maximum atomic E-state index is 13.6. The molecule has 2 saturated heterocycles. The van der Waals surface area contributed by atoms with Gasteiger partial charge in [0.25, 0.3) is 5.91 Å². The number of Topliss-reactive ketones (excluding diaryl/α,β-unsaturated/α-hetero) is 1. The van der Waals surface area contributed by atoms with Gasteiger partial charge in [-0.15, -0.1) is 0 Å². The summed E-state index contributed by atoms with van der Waals surface area (Å²) in [6, 6.07) is 18.0. The molecule has 2 fully saturated rings. The molecule has 35 heavy (non-hydrogen) atoms. The van der Waals surface area contributed by atoms with Crippen LogP contribution in [0.5, 0.6) is 0 Å². The Kier molecular flexibility index (Phi) is 6.78. The van der Waals surface area contributed by atoms with Crippen molar-refractivity contribution < 1.29 is 28.7 Å². The summed E-state index contributed by atoms with van der Waals surface area (Å²) in [7, 11) is 0. The zero-order chi connectivity index (χ0) is 25.3. The molecule has 0 saturated carbocycles. The fourth-order valence-corrected chi connectivity index (χ4v) is 4.80. The first-order valence-corrected chi connectivity index (χ1v) is 11.5. The molecule has 2 aliphatic rings. The van der Waals surface area contributed by atoms with Gasteiger partial charge in [-0.05, 0) is 37.5 Å². The molecule has 8 nitrogen and oxygen atoms in total. The third-order valence-electron chi connectivity index (χ3n) is 6.09. The van der Waals surface area contributed by atoms with E-state index in [1.807, 2.05) is 24.3 Å². The lowest BCUT2D eigenvalue weighted by Crippen LogP contribution is -2.80. The first-order valence-electron chi connectivity index (χ1n) is 11.1. The van der Waals surface area contributed by atoms with Crippen molar-refractivity contribution in [2.24, 2.45) is 0 Å². The number of rotatable bonds is 7. The van der Waals surface area contributed by atoms with Crippen molar-refractivity contribution in [3.8, 4) is 0 Å². The van der Waals surface area contributed by atoms with Crippen molar-refractivity contribution in [2.75, 3.05) is 0 Å². The quantitative estimate of drug-likeness (QED) is 0.146. The van der Waals surface area contributed by atoms with Gasteiger partial charge in [-0.3, -0.25) is 24.2 Å². The number of ether oxygens (including phenoxy) is 2. The molecule has 0 radical (unpaired) electrons. The van der Waals surface area contributed by atoms with Crippen LogP contribution >= 0.6 is 11.6 Å². The highest BCUT2D eigenvalue weighted by Crippen LogP contribution is 2.49. The fraction of sp³-hybridized carbons (Fsp3) is 0.308. The number of hydrogen-bond donors (Lipinski definition) is 0. The van der Waals surface area contributed by atoms with Crippen LogP contribution in [-0.4, -0.2) is 50.8 Å². The number of β-lactam (4-membered cyclic amide) rings is 1. The van der Waals surface area contributed by atoms with Gasteiger partial charge in [0, 0.05) is 0 Å². The molecular formula is C26H25ClN2O6. The number of hydrogen-bond acceptors (Lipinski definition) is 6. The van der Waals surface area contributed by atoms with Crippen molar-refractivity contribution in [3.63, 3.8) is 0 Å². The second kappa shape index (κ2) is 9.64. The van der Waals surface area contributed by atoms with E-state index in [4.69, 9.17) is 21.1 Å². The molecule has 2 heterocycles. The van der Waals surface area contributed by atoms with Crippen molar-refractivity contribution in [2.45, 2.75) is 51.3 Å². The lowest BCUT2D eigenvalue weighted by Gasteiger charge is -2.51. The average molecular weight is 497 g/mol. The van der Waals surface area contributed by atoms with Crippen LogP contribution in [0, 0.1) is 0 Å². The molecule has 2 aromatic carbocycles. The first kappa shape index (κ1) is 24.6. The Morgan fingerprint density at radius 2 is 1.54 bits per heavy atom. The van der Waals surface area contributed by atoms with Crippen molar-refractivity contribution in [1.29, 1.82) is 0 Å². The minimum Gasteiger partial charge on any atom is -0.456 e. The van der Waals surface area contributed by atoms with Gasteiger partial charge in [0.15, 0.2) is 12.0 Å². The number of amides is 2. The lowest BCUT2D eigenvalue weighted by atomic mass is 9.80. The van der Waals surface area contributed by atoms with Gasteiger partial charge in [-0.2, -0.15) is 0 Å². The van der Waals surface area contributed by atoms with Crippen molar-refractivity contribution >= 4 is 35.2 Å². The van der Waals surface area contributed by atoms with Crippen LogP contribution in [0.1, 0.15) is 31.9 Å². The summed E-state index contributed by atoms with van der Waals surface area (Å²) in [5.74, 6) is -2.64. The van der Waals surface area contributed by atoms with Gasteiger partial charge >= 0.3 is 5.97 Å². The Morgan fingerprint density at radius 3 is 2.09 bits per heavy atom. The number of likely N-dealkylation sites (tertiary alicyclic amines) is 1. The van der Waals surface area contributed by atoms with Crippen LogP contribution in [0.3, 0.4) is 0 Å². The molecule has 2 aliphatic heterocycles. The molecule has 3 unspecified atom stereocenters. The first-order chi connectivity index (χ1) is 16.7. The van der Waals surface area contributed by atoms with Crippen LogP contribution in [0.25, 0.3) is 0 Å². The molecule has 2 amide bonds. The van der Waals surface area contributed by atoms with Gasteiger partial charge in [0.2, 0.25) is 17.1 Å². The molecule has 0 spiro atoms. The molecular weight excluding hydrogens is 472 g/mol. The Balaban J connectivity index is 1.60. The van der Waals surface area contributed by atoms with E-state index >= 15 is 0 Å². The summed E-state index contributed by atoms with van der Waals surface area (Å²) in [5, 5.41) is 0. The third kappa shape index (κ3) is 4.13. The lowest BCUT2D eigenvalue weighted by molar-refractivity contribution is -0.187. The number of nitrogens with zero attached hydrogens (tertiary/aromatic N) is 2. The molecule has 0 aliphatic carbocycles. The summed E-state index contributed by atoms with van der Waals surface area (Å²) in [6.45, 7) is 4.50. The predicted molar refractivity (Wildman–Crippen MR) is 126 cm³/mol. The zero-order valence-electron chi connectivity index (χ0n) is 19.6. The standard InChI is InChI=1S/C26H25ClN2O6/c1-16(2)21(22(32)34-15-19-12-8-5-9-13-19)28-23(33)26(17(3)30)24(28)35-25(27)29(26)20(31)14-18-10-6-4-7-11-18/h4-13,24-25H,14-15H2,1-3H3. The van der Waals surface area contributed by atoms with Crippen molar-refractivity contribution in [3.05, 3.63) is 83.1 Å². The van der Waals surface area contributed by atoms with E-state index in [0.717, 1.165) is 15.4 Å². The van der Waals surface area contributed by atoms with E-state index in [0.29, 0.717) is 11.1 Å². The minimum atomic E-state index is -1.95. The highest BCUT2D eigenvalue weighted by Gasteiger charge is 2.76. The molecule has 0 aromatic heterocycles. The van der Waals surface area contributed by atoms with Crippen LogP contribution in [0.2, 0.25) is 0 Å². The maximum absolute atomic E-state index is 13.6. The normalized spacial score (nSPS) is 22.8. The summed E-state index contributed by atoms with van der Waals surface area (Å²) in [5.41, 5.74) is -1.41. The number of benzene rings is 2. The van der Waals surface area contributed by atoms with Crippen LogP contribution in [0.4, 0.5) is 0 Å². The number of ketones is 1. The van der Waals surface area contributed by atoms with Gasteiger partial charge in [0.05, 0.1) is 6.42 Å². The molecule has 0 bridgehead atoms. The number of carbonyl (C=O) groups excluding carboxylic acids is 4. The second-order valence-corrected chi connectivity index (χ2v) is 8.99. The predicted octanol–water partition coefficient (Wildman–Crippen LogP) is 3.14. The van der Waals surface area contributed by atoms with Crippen LogP contribution < -0.4 is 0 Å². The summed E-state index contributed by atoms with van der Waals surface area (Å²) < 4.78 is 11.2. The minimum absolute atomic E-state index is 0.00166. The smallest absolute Gasteiger partial charge is 0.355 e. The van der Waals surface area contributed by atoms with Gasteiger partial charge in [0.1, 0.15) is 12.3 Å². The molecule has 4 rings (SSSR count). The van der Waals surface area contributed by atoms with E-state index in [9.17, 15) is 19.2 Å². The number of esters is 1. The Labute approximate surface area is 208 Å². The van der Waals surface area contributed by atoms with Gasteiger partial charge in [-0.25, -0.2) is 4.79 Å². The number of allylic oxidation sites excluding steroid dienone is 1. The fourth-order valence-electron chi connectivity index (χ4n) is 4.44. The Morgan fingerprint density at radius 1 is 0.971 bits per heavy atom. The molecule has 3 atom stereocenters. The van der Waals surface area contributed by atoms with E-state index in [1.54, 1.807) is 50.2 Å². The van der Waals surface area contributed by atoms with E-state index in [2.05, 4.69) is 0 Å². The SMILES string of the molecule is CC(=O)C12C(=O)N(C(C(=O)OCc3ccccc3)=C(C)C)C1OC(Cl)N2C(=O)Cc1ccccc1. The van der Waals surface area contributed by atoms with E-state index in [1.165, 1.54) is 6.92 Å². The molecule has 0 N–H and O–H groups in total. The topological polar surface area (TPSA) is 93.2 Å².